The van der Waals surface area contributed by atoms with Crippen LogP contribution in [0.1, 0.15) is 39.5 Å². The van der Waals surface area contributed by atoms with Crippen LogP contribution in [-0.2, 0) is 14.3 Å². The van der Waals surface area contributed by atoms with Crippen molar-refractivity contribution in [2.75, 3.05) is 20.2 Å². The Hall–Kier alpha value is -1.10. The van der Waals surface area contributed by atoms with E-state index in [-0.39, 0.29) is 17.9 Å². The third-order valence-electron chi connectivity index (χ3n) is 3.17. The van der Waals surface area contributed by atoms with Gasteiger partial charge in [-0.15, -0.1) is 0 Å². The monoisotopic (exact) mass is 256 g/mol. The maximum absolute atomic E-state index is 12.0. The molecule has 1 aliphatic rings. The molecule has 5 nitrogen and oxygen atoms in total. The van der Waals surface area contributed by atoms with Crippen LogP contribution in [0.15, 0.2) is 0 Å². The Labute approximate surface area is 109 Å². The minimum absolute atomic E-state index is 0.0634. The molecule has 18 heavy (non-hydrogen) atoms. The maximum atomic E-state index is 12.0. The van der Waals surface area contributed by atoms with E-state index in [0.29, 0.717) is 19.0 Å². The van der Waals surface area contributed by atoms with Gasteiger partial charge in [-0.05, 0) is 25.8 Å². The van der Waals surface area contributed by atoms with Crippen molar-refractivity contribution in [3.05, 3.63) is 0 Å². The number of hydrogen-bond donors (Lipinski definition) is 1. The summed E-state index contributed by atoms with van der Waals surface area (Å²) in [4.78, 5) is 25.2. The van der Waals surface area contributed by atoms with E-state index in [9.17, 15) is 9.59 Å². The number of methoxy groups -OCH3 is 1. The second-order valence-electron chi connectivity index (χ2n) is 4.98. The summed E-state index contributed by atoms with van der Waals surface area (Å²) >= 11 is 0. The van der Waals surface area contributed by atoms with Gasteiger partial charge >= 0.3 is 5.97 Å². The summed E-state index contributed by atoms with van der Waals surface area (Å²) in [5.74, 6) is -0.227. The Balaban J connectivity index is 2.34. The zero-order chi connectivity index (χ0) is 13.5. The lowest BCUT2D eigenvalue weighted by Crippen LogP contribution is -2.41. The highest BCUT2D eigenvalue weighted by atomic mass is 16.5. The lowest BCUT2D eigenvalue weighted by Gasteiger charge is -2.22. The summed E-state index contributed by atoms with van der Waals surface area (Å²) in [5, 5.41) is 3.27. The van der Waals surface area contributed by atoms with Gasteiger partial charge in [-0.1, -0.05) is 13.8 Å². The first-order chi connectivity index (χ1) is 8.56. The van der Waals surface area contributed by atoms with Crippen LogP contribution in [-0.4, -0.2) is 49.1 Å². The number of nitrogens with zero attached hydrogens (tertiary/aromatic N) is 1. The minimum atomic E-state index is -0.361. The van der Waals surface area contributed by atoms with Crippen LogP contribution in [0.25, 0.3) is 0 Å². The van der Waals surface area contributed by atoms with Gasteiger partial charge in [0.25, 0.3) is 0 Å². The average Bonchev–Trinajstić information content (AvgIpc) is 2.82. The highest BCUT2D eigenvalue weighted by molar-refractivity contribution is 5.85. The van der Waals surface area contributed by atoms with Crippen molar-refractivity contribution in [1.82, 2.24) is 10.2 Å². The van der Waals surface area contributed by atoms with Gasteiger partial charge in [0.1, 0.15) is 6.04 Å². The molecular weight excluding hydrogens is 232 g/mol. The first-order valence-electron chi connectivity index (χ1n) is 6.67. The van der Waals surface area contributed by atoms with Gasteiger partial charge in [0.15, 0.2) is 0 Å². The Morgan fingerprint density at radius 1 is 1.44 bits per heavy atom. The lowest BCUT2D eigenvalue weighted by molar-refractivity contribution is -0.151. The van der Waals surface area contributed by atoms with Crippen molar-refractivity contribution in [2.24, 2.45) is 0 Å². The van der Waals surface area contributed by atoms with Gasteiger partial charge in [0.05, 0.1) is 7.11 Å². The molecule has 1 N–H and O–H groups in total. The molecule has 1 aliphatic heterocycles. The maximum Gasteiger partial charge on any atom is 0.328 e. The molecule has 0 saturated carbocycles. The Bertz CT molecular complexity index is 292. The van der Waals surface area contributed by atoms with Gasteiger partial charge in [-0.2, -0.15) is 0 Å². The molecule has 1 atom stereocenters. The SMILES string of the molecule is COC(=O)C1CCCN1C(=O)CCCNC(C)C. The molecular formula is C13H24N2O3. The molecule has 1 amide bonds. The molecule has 1 unspecified atom stereocenters. The molecule has 1 rings (SSSR count). The molecule has 0 bridgehead atoms. The van der Waals surface area contributed by atoms with Gasteiger partial charge < -0.3 is 15.0 Å². The van der Waals surface area contributed by atoms with Crippen molar-refractivity contribution < 1.29 is 14.3 Å². The third-order valence-corrected chi connectivity index (χ3v) is 3.17. The molecule has 1 fully saturated rings. The Kier molecular flexibility index (Phi) is 6.12. The van der Waals surface area contributed by atoms with Crippen LogP contribution in [0.4, 0.5) is 0 Å². The molecule has 0 aliphatic carbocycles. The molecule has 0 aromatic heterocycles. The van der Waals surface area contributed by atoms with Crippen molar-refractivity contribution in [1.29, 1.82) is 0 Å². The normalized spacial score (nSPS) is 19.3. The predicted molar refractivity (Wildman–Crippen MR) is 69.1 cm³/mol. The molecule has 0 spiro atoms. The van der Waals surface area contributed by atoms with E-state index >= 15 is 0 Å². The Morgan fingerprint density at radius 3 is 2.78 bits per heavy atom. The number of rotatable bonds is 6. The molecule has 5 heteroatoms. The van der Waals surface area contributed by atoms with Crippen molar-refractivity contribution in [3.8, 4) is 0 Å². The predicted octanol–water partition coefficient (Wildman–Crippen LogP) is 0.929. The Morgan fingerprint density at radius 2 is 2.17 bits per heavy atom. The van der Waals surface area contributed by atoms with Crippen LogP contribution in [0.2, 0.25) is 0 Å². The van der Waals surface area contributed by atoms with E-state index < -0.39 is 0 Å². The average molecular weight is 256 g/mol. The fraction of sp³-hybridized carbons (Fsp3) is 0.846. The largest absolute Gasteiger partial charge is 0.467 e. The van der Waals surface area contributed by atoms with Crippen molar-refractivity contribution in [2.45, 2.75) is 51.6 Å². The fourth-order valence-corrected chi connectivity index (χ4v) is 2.22. The summed E-state index contributed by atoms with van der Waals surface area (Å²) < 4.78 is 4.73. The molecule has 1 heterocycles. The number of carbonyl (C=O) groups is 2. The number of amides is 1. The van der Waals surface area contributed by atoms with E-state index in [1.807, 2.05) is 0 Å². The van der Waals surface area contributed by atoms with Crippen LogP contribution in [0.5, 0.6) is 0 Å². The number of hydrogen-bond acceptors (Lipinski definition) is 4. The standard InChI is InChI=1S/C13H24N2O3/c1-10(2)14-8-4-7-12(16)15-9-5-6-11(15)13(17)18-3/h10-11,14H,4-9H2,1-3H3. The van der Waals surface area contributed by atoms with Gasteiger partial charge in [-0.3, -0.25) is 4.79 Å². The van der Waals surface area contributed by atoms with E-state index in [0.717, 1.165) is 25.8 Å². The van der Waals surface area contributed by atoms with Crippen LogP contribution in [0, 0.1) is 0 Å². The van der Waals surface area contributed by atoms with E-state index in [1.54, 1.807) is 4.90 Å². The second-order valence-corrected chi connectivity index (χ2v) is 4.98. The molecule has 0 aromatic carbocycles. The molecule has 0 aromatic rings. The number of likely N-dealkylation sites (tertiary alicyclic amines) is 1. The van der Waals surface area contributed by atoms with Gasteiger partial charge in [0, 0.05) is 19.0 Å². The van der Waals surface area contributed by atoms with Gasteiger partial charge in [-0.25, -0.2) is 4.79 Å². The number of carbonyl (C=O) groups excluding carboxylic acids is 2. The first-order valence-corrected chi connectivity index (χ1v) is 6.67. The van der Waals surface area contributed by atoms with Crippen LogP contribution >= 0.6 is 0 Å². The van der Waals surface area contributed by atoms with E-state index in [1.165, 1.54) is 7.11 Å². The molecule has 104 valence electrons. The number of ether oxygens (including phenoxy) is 1. The smallest absolute Gasteiger partial charge is 0.328 e. The zero-order valence-electron chi connectivity index (χ0n) is 11.6. The fourth-order valence-electron chi connectivity index (χ4n) is 2.22. The summed E-state index contributed by atoms with van der Waals surface area (Å²) in [6.45, 7) is 5.67. The number of nitrogens with one attached hydrogen (secondary N) is 1. The van der Waals surface area contributed by atoms with E-state index in [4.69, 9.17) is 4.74 Å². The summed E-state index contributed by atoms with van der Waals surface area (Å²) in [7, 11) is 1.37. The van der Waals surface area contributed by atoms with Gasteiger partial charge in [0.2, 0.25) is 5.91 Å². The number of esters is 1. The molecule has 0 radical (unpaired) electrons. The molecule has 1 saturated heterocycles. The van der Waals surface area contributed by atoms with Crippen LogP contribution in [0.3, 0.4) is 0 Å². The van der Waals surface area contributed by atoms with E-state index in [2.05, 4.69) is 19.2 Å². The summed E-state index contributed by atoms with van der Waals surface area (Å²) in [6.07, 6.45) is 2.91. The van der Waals surface area contributed by atoms with Crippen LogP contribution < -0.4 is 5.32 Å². The topological polar surface area (TPSA) is 58.6 Å². The zero-order valence-corrected chi connectivity index (χ0v) is 11.6. The summed E-state index contributed by atoms with van der Waals surface area (Å²) in [6, 6.07) is 0.0789. The second kappa shape index (κ2) is 7.36. The minimum Gasteiger partial charge on any atom is -0.467 e. The van der Waals surface area contributed by atoms with Crippen molar-refractivity contribution >= 4 is 11.9 Å². The quantitative estimate of drug-likeness (QED) is 0.567. The van der Waals surface area contributed by atoms with Crippen molar-refractivity contribution in [3.63, 3.8) is 0 Å². The first kappa shape index (κ1) is 15.0. The highest BCUT2D eigenvalue weighted by Crippen LogP contribution is 2.19. The highest BCUT2D eigenvalue weighted by Gasteiger charge is 2.34. The lowest BCUT2D eigenvalue weighted by atomic mass is 10.2. The third kappa shape index (κ3) is 4.29. The summed E-state index contributed by atoms with van der Waals surface area (Å²) in [5.41, 5.74) is 0.